The Morgan fingerprint density at radius 3 is 2.68 bits per heavy atom. The first-order chi connectivity index (χ1) is 9.20. The molecule has 0 amide bonds. The van der Waals surface area contributed by atoms with Gasteiger partial charge in [0.2, 0.25) is 5.89 Å². The first-order valence-electron chi connectivity index (χ1n) is 7.48. The Labute approximate surface area is 115 Å². The van der Waals surface area contributed by atoms with Crippen LogP contribution in [0, 0.1) is 11.8 Å². The van der Waals surface area contributed by atoms with Crippen LogP contribution in [0.3, 0.4) is 0 Å². The number of anilines is 1. The van der Waals surface area contributed by atoms with Crippen LogP contribution in [0.1, 0.15) is 45.9 Å². The van der Waals surface area contributed by atoms with Crippen LogP contribution >= 0.6 is 0 Å². The van der Waals surface area contributed by atoms with Crippen LogP contribution in [-0.4, -0.2) is 29.8 Å². The molecular weight excluding hydrogens is 240 g/mol. The van der Waals surface area contributed by atoms with E-state index in [1.165, 1.54) is 12.8 Å². The first kappa shape index (κ1) is 14.3. The quantitative estimate of drug-likeness (QED) is 0.801. The maximum Gasteiger partial charge on any atom is 0.318 e. The van der Waals surface area contributed by atoms with Gasteiger partial charge in [0.25, 0.3) is 0 Å². The number of aromatic nitrogens is 2. The van der Waals surface area contributed by atoms with E-state index in [4.69, 9.17) is 4.42 Å². The highest BCUT2D eigenvalue weighted by molar-refractivity contribution is 5.24. The van der Waals surface area contributed by atoms with Crippen LogP contribution in [0.15, 0.2) is 4.42 Å². The van der Waals surface area contributed by atoms with Crippen LogP contribution < -0.4 is 10.2 Å². The largest absolute Gasteiger partial charge is 0.407 e. The van der Waals surface area contributed by atoms with E-state index in [-0.39, 0.29) is 0 Å². The minimum Gasteiger partial charge on any atom is -0.407 e. The van der Waals surface area contributed by atoms with Crippen LogP contribution in [0.5, 0.6) is 0 Å². The van der Waals surface area contributed by atoms with Crippen molar-refractivity contribution in [3.8, 4) is 0 Å². The molecule has 0 spiro atoms. The second-order valence-electron chi connectivity index (χ2n) is 5.72. The molecule has 1 N–H and O–H groups in total. The van der Waals surface area contributed by atoms with Gasteiger partial charge in [-0.05, 0) is 37.6 Å². The summed E-state index contributed by atoms with van der Waals surface area (Å²) in [5.74, 6) is 2.30. The molecule has 0 atom stereocenters. The van der Waals surface area contributed by atoms with Crippen molar-refractivity contribution in [1.29, 1.82) is 0 Å². The van der Waals surface area contributed by atoms with Crippen molar-refractivity contribution in [2.24, 2.45) is 11.8 Å². The summed E-state index contributed by atoms with van der Waals surface area (Å²) < 4.78 is 5.71. The molecule has 1 aromatic rings. The van der Waals surface area contributed by atoms with Gasteiger partial charge in [-0.1, -0.05) is 25.9 Å². The SMILES string of the molecule is CCCNCc1nnc(N2CCC(C(C)C)CC2)o1. The van der Waals surface area contributed by atoms with Gasteiger partial charge in [0.15, 0.2) is 0 Å². The Kier molecular flexibility index (Phi) is 5.19. The lowest BCUT2D eigenvalue weighted by molar-refractivity contribution is 0.303. The van der Waals surface area contributed by atoms with Crippen molar-refractivity contribution in [2.45, 2.75) is 46.6 Å². The molecule has 2 rings (SSSR count). The minimum absolute atomic E-state index is 0.670. The fraction of sp³-hybridized carbons (Fsp3) is 0.857. The Hall–Kier alpha value is -1.10. The van der Waals surface area contributed by atoms with E-state index in [1.807, 2.05) is 0 Å². The van der Waals surface area contributed by atoms with E-state index in [0.29, 0.717) is 18.5 Å². The lowest BCUT2D eigenvalue weighted by Crippen LogP contribution is -2.35. The maximum atomic E-state index is 5.71. The fourth-order valence-electron chi connectivity index (χ4n) is 2.57. The van der Waals surface area contributed by atoms with Gasteiger partial charge in [0.05, 0.1) is 6.54 Å². The zero-order valence-corrected chi connectivity index (χ0v) is 12.4. The number of rotatable bonds is 6. The number of piperidine rings is 1. The van der Waals surface area contributed by atoms with Crippen molar-refractivity contribution < 1.29 is 4.42 Å². The number of hydrogen-bond acceptors (Lipinski definition) is 5. The zero-order valence-electron chi connectivity index (χ0n) is 12.4. The van der Waals surface area contributed by atoms with Gasteiger partial charge in [-0.25, -0.2) is 0 Å². The maximum absolute atomic E-state index is 5.71. The monoisotopic (exact) mass is 266 g/mol. The Balaban J connectivity index is 1.82. The van der Waals surface area contributed by atoms with E-state index < -0.39 is 0 Å². The molecule has 0 saturated carbocycles. The summed E-state index contributed by atoms with van der Waals surface area (Å²) in [5.41, 5.74) is 0. The second kappa shape index (κ2) is 6.89. The second-order valence-corrected chi connectivity index (χ2v) is 5.72. The standard InChI is InChI=1S/C14H26N4O/c1-4-7-15-10-13-16-17-14(19-13)18-8-5-12(6-9-18)11(2)3/h11-12,15H,4-10H2,1-3H3. The van der Waals surface area contributed by atoms with Gasteiger partial charge < -0.3 is 14.6 Å². The van der Waals surface area contributed by atoms with Crippen molar-refractivity contribution in [3.05, 3.63) is 5.89 Å². The van der Waals surface area contributed by atoms with Crippen LogP contribution in [0.4, 0.5) is 6.01 Å². The molecule has 1 aromatic heterocycles. The molecule has 1 aliphatic rings. The van der Waals surface area contributed by atoms with Crippen LogP contribution in [0.25, 0.3) is 0 Å². The minimum atomic E-state index is 0.670. The highest BCUT2D eigenvalue weighted by Gasteiger charge is 2.24. The number of nitrogens with one attached hydrogen (secondary N) is 1. The van der Waals surface area contributed by atoms with Gasteiger partial charge >= 0.3 is 6.01 Å². The first-order valence-corrected chi connectivity index (χ1v) is 7.48. The molecule has 0 aromatic carbocycles. The van der Waals surface area contributed by atoms with E-state index in [2.05, 4.69) is 41.2 Å². The predicted molar refractivity (Wildman–Crippen MR) is 76.1 cm³/mol. The molecule has 0 radical (unpaired) electrons. The topological polar surface area (TPSA) is 54.2 Å². The van der Waals surface area contributed by atoms with Crippen molar-refractivity contribution >= 4 is 6.01 Å². The third kappa shape index (κ3) is 3.93. The van der Waals surface area contributed by atoms with Gasteiger partial charge in [-0.15, -0.1) is 5.10 Å². The van der Waals surface area contributed by atoms with E-state index in [9.17, 15) is 0 Å². The lowest BCUT2D eigenvalue weighted by atomic mass is 9.87. The van der Waals surface area contributed by atoms with Crippen molar-refractivity contribution in [3.63, 3.8) is 0 Å². The molecule has 1 saturated heterocycles. The summed E-state index contributed by atoms with van der Waals surface area (Å²) in [6, 6.07) is 0.690. The zero-order chi connectivity index (χ0) is 13.7. The summed E-state index contributed by atoms with van der Waals surface area (Å²) in [6.07, 6.45) is 3.57. The molecule has 0 aliphatic carbocycles. The molecule has 0 unspecified atom stereocenters. The van der Waals surface area contributed by atoms with Gasteiger partial charge in [0.1, 0.15) is 0 Å². The summed E-state index contributed by atoms with van der Waals surface area (Å²) in [4.78, 5) is 2.22. The number of hydrogen-bond donors (Lipinski definition) is 1. The Morgan fingerprint density at radius 1 is 1.32 bits per heavy atom. The van der Waals surface area contributed by atoms with Gasteiger partial charge in [-0.2, -0.15) is 0 Å². The molecule has 1 aliphatic heterocycles. The van der Waals surface area contributed by atoms with Crippen LogP contribution in [-0.2, 0) is 6.54 Å². The molecule has 5 nitrogen and oxygen atoms in total. The summed E-state index contributed by atoms with van der Waals surface area (Å²) in [5, 5.41) is 11.5. The third-order valence-electron chi connectivity index (χ3n) is 3.91. The van der Waals surface area contributed by atoms with E-state index in [0.717, 1.165) is 37.9 Å². The Morgan fingerprint density at radius 2 is 2.05 bits per heavy atom. The van der Waals surface area contributed by atoms with E-state index in [1.54, 1.807) is 0 Å². The predicted octanol–water partition coefficient (Wildman–Crippen LogP) is 2.44. The Bertz CT molecular complexity index is 369. The smallest absolute Gasteiger partial charge is 0.318 e. The molecule has 5 heteroatoms. The molecule has 19 heavy (non-hydrogen) atoms. The van der Waals surface area contributed by atoms with Crippen molar-refractivity contribution in [1.82, 2.24) is 15.5 Å². The summed E-state index contributed by atoms with van der Waals surface area (Å²) >= 11 is 0. The van der Waals surface area contributed by atoms with E-state index >= 15 is 0 Å². The lowest BCUT2D eigenvalue weighted by Gasteiger charge is -2.32. The van der Waals surface area contributed by atoms with Crippen molar-refractivity contribution in [2.75, 3.05) is 24.5 Å². The summed E-state index contributed by atoms with van der Waals surface area (Å²) in [6.45, 7) is 10.5. The highest BCUT2D eigenvalue weighted by Crippen LogP contribution is 2.27. The van der Waals surface area contributed by atoms with Crippen LogP contribution in [0.2, 0.25) is 0 Å². The van der Waals surface area contributed by atoms with Gasteiger partial charge in [-0.3, -0.25) is 0 Å². The molecule has 1 fully saturated rings. The molecule has 2 heterocycles. The normalized spacial score (nSPS) is 17.4. The average Bonchev–Trinajstić information content (AvgIpc) is 2.88. The number of nitrogens with zero attached hydrogens (tertiary/aromatic N) is 3. The molecular formula is C14H26N4O. The average molecular weight is 266 g/mol. The molecule has 0 bridgehead atoms. The highest BCUT2D eigenvalue weighted by atomic mass is 16.4. The fourth-order valence-corrected chi connectivity index (χ4v) is 2.57. The third-order valence-corrected chi connectivity index (χ3v) is 3.91. The summed E-state index contributed by atoms with van der Waals surface area (Å²) in [7, 11) is 0. The van der Waals surface area contributed by atoms with Gasteiger partial charge in [0, 0.05) is 13.1 Å². The molecule has 108 valence electrons.